The first-order valence-electron chi connectivity index (χ1n) is 8.79. The summed E-state index contributed by atoms with van der Waals surface area (Å²) < 4.78 is 4.82. The molecule has 1 unspecified atom stereocenters. The van der Waals surface area contributed by atoms with Gasteiger partial charge in [0, 0.05) is 12.2 Å². The van der Waals surface area contributed by atoms with Crippen molar-refractivity contribution in [3.05, 3.63) is 29.8 Å². The number of hydrogen-bond donors (Lipinski definition) is 2. The van der Waals surface area contributed by atoms with Crippen molar-refractivity contribution in [2.75, 3.05) is 11.9 Å². The second-order valence-corrected chi connectivity index (χ2v) is 6.56. The maximum absolute atomic E-state index is 11.7. The van der Waals surface area contributed by atoms with Gasteiger partial charge in [-0.2, -0.15) is 0 Å². The highest BCUT2D eigenvalue weighted by Gasteiger charge is 2.16. The molecule has 1 atom stereocenters. The summed E-state index contributed by atoms with van der Waals surface area (Å²) in [7, 11) is 0. The summed E-state index contributed by atoms with van der Waals surface area (Å²) in [5.41, 5.74) is 1.86. The molecule has 1 aromatic rings. The number of hydrogen-bond acceptors (Lipinski definition) is 4. The lowest BCUT2D eigenvalue weighted by Gasteiger charge is -2.21. The molecule has 0 amide bonds. The number of carbonyl (C=O) groups is 2. The maximum Gasteiger partial charge on any atom is 0.344 e. The van der Waals surface area contributed by atoms with Crippen LogP contribution in [0.3, 0.4) is 0 Å². The van der Waals surface area contributed by atoms with Gasteiger partial charge in [-0.1, -0.05) is 44.2 Å². The fraction of sp³-hybridized carbons (Fsp3) is 0.579. The van der Waals surface area contributed by atoms with Crippen LogP contribution < -0.4 is 5.32 Å². The Balaban J connectivity index is 1.71. The standard InChI is InChI=1S/C19H27NO4/c1-14(19(22)23)24-18(21)13-16-7-9-17(10-8-16)20-12-11-15-5-3-2-4-6-15/h7-10,14-15,20H,2-6,11-13H2,1H3,(H,22,23). The SMILES string of the molecule is CC(OC(=O)Cc1ccc(NCCC2CCCCC2)cc1)C(=O)O. The minimum Gasteiger partial charge on any atom is -0.479 e. The zero-order chi connectivity index (χ0) is 17.4. The monoisotopic (exact) mass is 333 g/mol. The number of carboxylic acid groups (broad SMARTS) is 1. The summed E-state index contributed by atoms with van der Waals surface area (Å²) in [6, 6.07) is 7.64. The molecule has 2 N–H and O–H groups in total. The van der Waals surface area contributed by atoms with Gasteiger partial charge in [0.1, 0.15) is 0 Å². The van der Waals surface area contributed by atoms with Gasteiger partial charge in [0.2, 0.25) is 0 Å². The minimum absolute atomic E-state index is 0.0833. The van der Waals surface area contributed by atoms with E-state index in [1.165, 1.54) is 45.4 Å². The fourth-order valence-electron chi connectivity index (χ4n) is 3.09. The lowest BCUT2D eigenvalue weighted by molar-refractivity contribution is -0.162. The molecule has 0 aliphatic heterocycles. The average Bonchev–Trinajstić information content (AvgIpc) is 2.57. The highest BCUT2D eigenvalue weighted by Crippen LogP contribution is 2.26. The Bertz CT molecular complexity index is 535. The third-order valence-corrected chi connectivity index (χ3v) is 4.56. The third kappa shape index (κ3) is 6.22. The van der Waals surface area contributed by atoms with Crippen LogP contribution in [0.4, 0.5) is 5.69 Å². The molecule has 1 fully saturated rings. The van der Waals surface area contributed by atoms with Gasteiger partial charge in [-0.25, -0.2) is 4.79 Å². The van der Waals surface area contributed by atoms with Gasteiger partial charge in [-0.15, -0.1) is 0 Å². The quantitative estimate of drug-likeness (QED) is 0.711. The Morgan fingerprint density at radius 1 is 1.21 bits per heavy atom. The lowest BCUT2D eigenvalue weighted by Crippen LogP contribution is -2.24. The van der Waals surface area contributed by atoms with Crippen molar-refractivity contribution in [3.63, 3.8) is 0 Å². The summed E-state index contributed by atoms with van der Waals surface area (Å²) >= 11 is 0. The van der Waals surface area contributed by atoms with Crippen molar-refractivity contribution in [2.24, 2.45) is 5.92 Å². The second kappa shape index (κ2) is 9.30. The van der Waals surface area contributed by atoms with Crippen molar-refractivity contribution in [1.29, 1.82) is 0 Å². The van der Waals surface area contributed by atoms with Crippen LogP contribution >= 0.6 is 0 Å². The van der Waals surface area contributed by atoms with E-state index in [0.717, 1.165) is 23.7 Å². The van der Waals surface area contributed by atoms with Crippen LogP contribution in [0.1, 0.15) is 51.0 Å². The Morgan fingerprint density at radius 3 is 2.50 bits per heavy atom. The van der Waals surface area contributed by atoms with Crippen LogP contribution in [0.2, 0.25) is 0 Å². The fourth-order valence-corrected chi connectivity index (χ4v) is 3.09. The number of nitrogens with one attached hydrogen (secondary N) is 1. The molecule has 1 aromatic carbocycles. The number of rotatable bonds is 8. The van der Waals surface area contributed by atoms with Gasteiger partial charge < -0.3 is 15.2 Å². The smallest absolute Gasteiger partial charge is 0.344 e. The van der Waals surface area contributed by atoms with E-state index in [1.807, 2.05) is 24.3 Å². The van der Waals surface area contributed by atoms with Gasteiger partial charge in [-0.3, -0.25) is 4.79 Å². The first kappa shape index (κ1) is 18.3. The summed E-state index contributed by atoms with van der Waals surface area (Å²) in [6.07, 6.45) is 7.03. The van der Waals surface area contributed by atoms with Crippen molar-refractivity contribution >= 4 is 17.6 Å². The van der Waals surface area contributed by atoms with Gasteiger partial charge in [0.05, 0.1) is 6.42 Å². The normalized spacial score (nSPS) is 16.4. The van der Waals surface area contributed by atoms with Gasteiger partial charge in [-0.05, 0) is 37.0 Å². The Hall–Kier alpha value is -2.04. The van der Waals surface area contributed by atoms with Crippen LogP contribution in [-0.2, 0) is 20.7 Å². The summed E-state index contributed by atoms with van der Waals surface area (Å²) in [4.78, 5) is 22.3. The van der Waals surface area contributed by atoms with E-state index in [1.54, 1.807) is 0 Å². The molecule has 0 saturated heterocycles. The Morgan fingerprint density at radius 2 is 1.88 bits per heavy atom. The molecule has 0 heterocycles. The highest BCUT2D eigenvalue weighted by molar-refractivity contribution is 5.78. The van der Waals surface area contributed by atoms with Crippen molar-refractivity contribution in [2.45, 2.75) is 58.0 Å². The molecular weight excluding hydrogens is 306 g/mol. The molecule has 1 aliphatic rings. The number of carboxylic acids is 1. The summed E-state index contributed by atoms with van der Waals surface area (Å²) in [5.74, 6) is -0.805. The average molecular weight is 333 g/mol. The van der Waals surface area contributed by atoms with E-state index in [9.17, 15) is 9.59 Å². The molecule has 24 heavy (non-hydrogen) atoms. The van der Waals surface area contributed by atoms with Crippen molar-refractivity contribution in [1.82, 2.24) is 0 Å². The highest BCUT2D eigenvalue weighted by atomic mass is 16.6. The van der Waals surface area contributed by atoms with Crippen molar-refractivity contribution in [3.8, 4) is 0 Å². The molecule has 5 heteroatoms. The van der Waals surface area contributed by atoms with Gasteiger partial charge in [0.25, 0.3) is 0 Å². The van der Waals surface area contributed by atoms with Crippen LogP contribution in [0.15, 0.2) is 24.3 Å². The molecule has 1 aliphatic carbocycles. The number of ether oxygens (including phenoxy) is 1. The topological polar surface area (TPSA) is 75.6 Å². The minimum atomic E-state index is -1.14. The number of aliphatic carboxylic acids is 1. The van der Waals surface area contributed by atoms with Crippen LogP contribution in [0, 0.1) is 5.92 Å². The first-order chi connectivity index (χ1) is 11.5. The second-order valence-electron chi connectivity index (χ2n) is 6.56. The third-order valence-electron chi connectivity index (χ3n) is 4.56. The first-order valence-corrected chi connectivity index (χ1v) is 8.79. The van der Waals surface area contributed by atoms with Crippen LogP contribution in [0.25, 0.3) is 0 Å². The van der Waals surface area contributed by atoms with E-state index in [-0.39, 0.29) is 6.42 Å². The molecule has 5 nitrogen and oxygen atoms in total. The predicted molar refractivity (Wildman–Crippen MR) is 93.0 cm³/mol. The molecular formula is C19H27NO4. The van der Waals surface area contributed by atoms with Crippen LogP contribution in [-0.4, -0.2) is 29.7 Å². The maximum atomic E-state index is 11.7. The molecule has 1 saturated carbocycles. The van der Waals surface area contributed by atoms with Crippen molar-refractivity contribution < 1.29 is 19.4 Å². The van der Waals surface area contributed by atoms with Gasteiger partial charge >= 0.3 is 11.9 Å². The molecule has 132 valence electrons. The number of carbonyl (C=O) groups excluding carboxylic acids is 1. The molecule has 0 radical (unpaired) electrons. The van der Waals surface area contributed by atoms with E-state index < -0.39 is 18.0 Å². The zero-order valence-corrected chi connectivity index (χ0v) is 14.3. The van der Waals surface area contributed by atoms with Gasteiger partial charge in [0.15, 0.2) is 6.10 Å². The number of esters is 1. The lowest BCUT2D eigenvalue weighted by atomic mass is 9.87. The summed E-state index contributed by atoms with van der Waals surface area (Å²) in [6.45, 7) is 2.32. The Labute approximate surface area is 143 Å². The van der Waals surface area contributed by atoms with E-state index >= 15 is 0 Å². The summed E-state index contributed by atoms with van der Waals surface area (Å²) in [5, 5.41) is 12.2. The van der Waals surface area contributed by atoms with E-state index in [2.05, 4.69) is 5.32 Å². The predicted octanol–water partition coefficient (Wildman–Crippen LogP) is 3.63. The molecule has 2 rings (SSSR count). The van der Waals surface area contributed by atoms with E-state index in [4.69, 9.17) is 9.84 Å². The molecule has 0 aromatic heterocycles. The Kier molecular flexibility index (Phi) is 7.09. The van der Waals surface area contributed by atoms with E-state index in [0.29, 0.717) is 0 Å². The zero-order valence-electron chi connectivity index (χ0n) is 14.3. The number of anilines is 1. The van der Waals surface area contributed by atoms with Crippen LogP contribution in [0.5, 0.6) is 0 Å². The largest absolute Gasteiger partial charge is 0.479 e. The molecule has 0 bridgehead atoms. The molecule has 0 spiro atoms. The number of benzene rings is 1.